The zero-order valence-electron chi connectivity index (χ0n) is 7.89. The molecule has 0 saturated heterocycles. The van der Waals surface area contributed by atoms with Crippen molar-refractivity contribution in [2.24, 2.45) is 0 Å². The SMILES string of the molecule is Cc1[nH]c(N)c[n+]1C1CCCC1.[Cl-]. The van der Waals surface area contributed by atoms with E-state index in [1.807, 2.05) is 6.20 Å². The maximum atomic E-state index is 5.67. The van der Waals surface area contributed by atoms with E-state index < -0.39 is 0 Å². The zero-order valence-corrected chi connectivity index (χ0v) is 8.64. The third-order valence-electron chi connectivity index (χ3n) is 2.71. The lowest BCUT2D eigenvalue weighted by Gasteiger charge is -2.04. The number of rotatable bonds is 1. The Labute approximate surface area is 84.7 Å². The van der Waals surface area contributed by atoms with Gasteiger partial charge in [0.15, 0.2) is 6.20 Å². The molecule has 74 valence electrons. The Morgan fingerprint density at radius 1 is 1.46 bits per heavy atom. The lowest BCUT2D eigenvalue weighted by Crippen LogP contribution is -3.00. The van der Waals surface area contributed by atoms with Crippen LogP contribution in [-0.4, -0.2) is 4.98 Å². The molecule has 1 saturated carbocycles. The molecule has 0 atom stereocenters. The van der Waals surface area contributed by atoms with Crippen molar-refractivity contribution >= 4 is 5.82 Å². The van der Waals surface area contributed by atoms with Crippen molar-refractivity contribution in [1.82, 2.24) is 4.98 Å². The second-order valence-electron chi connectivity index (χ2n) is 3.64. The van der Waals surface area contributed by atoms with Gasteiger partial charge in [-0.3, -0.25) is 0 Å². The highest BCUT2D eigenvalue weighted by Gasteiger charge is 2.23. The summed E-state index contributed by atoms with van der Waals surface area (Å²) in [6.07, 6.45) is 7.36. The molecule has 0 radical (unpaired) electrons. The van der Waals surface area contributed by atoms with E-state index in [4.69, 9.17) is 5.73 Å². The Balaban J connectivity index is 0.000000845. The van der Waals surface area contributed by atoms with Gasteiger partial charge in [0.1, 0.15) is 6.04 Å². The van der Waals surface area contributed by atoms with Crippen LogP contribution in [0.1, 0.15) is 37.5 Å². The molecule has 1 heterocycles. The summed E-state index contributed by atoms with van der Waals surface area (Å²) in [6.45, 7) is 2.08. The number of imidazole rings is 1. The molecule has 0 aromatic carbocycles. The molecule has 13 heavy (non-hydrogen) atoms. The van der Waals surface area contributed by atoms with Crippen molar-refractivity contribution < 1.29 is 17.0 Å². The minimum absolute atomic E-state index is 0. The first-order chi connectivity index (χ1) is 5.77. The van der Waals surface area contributed by atoms with E-state index in [1.54, 1.807) is 0 Å². The number of nitrogen functional groups attached to an aromatic ring is 1. The van der Waals surface area contributed by atoms with Gasteiger partial charge < -0.3 is 18.1 Å². The molecule has 3 nitrogen and oxygen atoms in total. The minimum Gasteiger partial charge on any atom is -1.00 e. The fourth-order valence-electron chi connectivity index (χ4n) is 2.11. The van der Waals surface area contributed by atoms with Gasteiger partial charge in [0.2, 0.25) is 5.82 Å². The van der Waals surface area contributed by atoms with Crippen LogP contribution in [-0.2, 0) is 0 Å². The molecule has 0 bridgehead atoms. The lowest BCUT2D eigenvalue weighted by atomic mass is 10.2. The Bertz CT molecular complexity index is 276. The van der Waals surface area contributed by atoms with Crippen molar-refractivity contribution in [3.63, 3.8) is 0 Å². The Morgan fingerprint density at radius 3 is 2.54 bits per heavy atom. The van der Waals surface area contributed by atoms with E-state index in [2.05, 4.69) is 16.5 Å². The molecule has 1 aliphatic carbocycles. The number of hydrogen-bond acceptors (Lipinski definition) is 1. The van der Waals surface area contributed by atoms with Crippen molar-refractivity contribution in [3.05, 3.63) is 12.0 Å². The summed E-state index contributed by atoms with van der Waals surface area (Å²) in [6, 6.07) is 0.693. The molecule has 0 spiro atoms. The number of aryl methyl sites for hydroxylation is 1. The number of nitrogens with two attached hydrogens (primary N) is 1. The third kappa shape index (κ3) is 1.97. The number of aromatic nitrogens is 2. The van der Waals surface area contributed by atoms with Gasteiger partial charge in [0.05, 0.1) is 0 Å². The lowest BCUT2D eigenvalue weighted by molar-refractivity contribution is -0.725. The number of H-pyrrole nitrogens is 1. The third-order valence-corrected chi connectivity index (χ3v) is 2.71. The molecule has 4 heteroatoms. The first-order valence-electron chi connectivity index (χ1n) is 4.63. The number of aromatic amines is 1. The van der Waals surface area contributed by atoms with Crippen LogP contribution in [0.15, 0.2) is 6.20 Å². The zero-order chi connectivity index (χ0) is 8.55. The number of nitrogens with zero attached hydrogens (tertiary/aromatic N) is 1. The van der Waals surface area contributed by atoms with E-state index in [1.165, 1.54) is 31.5 Å². The second-order valence-corrected chi connectivity index (χ2v) is 3.64. The molecule has 1 aliphatic rings. The van der Waals surface area contributed by atoms with Gasteiger partial charge in [-0.25, -0.2) is 9.55 Å². The normalized spacial score (nSPS) is 17.3. The number of hydrogen-bond donors (Lipinski definition) is 2. The van der Waals surface area contributed by atoms with Crippen LogP contribution in [0.2, 0.25) is 0 Å². The van der Waals surface area contributed by atoms with E-state index in [0.717, 1.165) is 5.82 Å². The summed E-state index contributed by atoms with van der Waals surface area (Å²) in [5.41, 5.74) is 5.67. The largest absolute Gasteiger partial charge is 1.00 e. The van der Waals surface area contributed by atoms with E-state index in [9.17, 15) is 0 Å². The molecular weight excluding hydrogens is 186 g/mol. The van der Waals surface area contributed by atoms with Gasteiger partial charge in [0.25, 0.3) is 5.82 Å². The first-order valence-corrected chi connectivity index (χ1v) is 4.63. The summed E-state index contributed by atoms with van der Waals surface area (Å²) in [7, 11) is 0. The molecule has 0 aliphatic heterocycles. The number of anilines is 1. The van der Waals surface area contributed by atoms with Crippen molar-refractivity contribution in [2.45, 2.75) is 38.6 Å². The summed E-state index contributed by atoms with van der Waals surface area (Å²) < 4.78 is 2.28. The van der Waals surface area contributed by atoms with E-state index in [0.29, 0.717) is 6.04 Å². The quantitative estimate of drug-likeness (QED) is 0.524. The fraction of sp³-hybridized carbons (Fsp3) is 0.667. The van der Waals surface area contributed by atoms with Crippen LogP contribution in [0.4, 0.5) is 5.82 Å². The molecule has 0 unspecified atom stereocenters. The standard InChI is InChI=1S/C9H15N3.ClH/c1-7-11-9(10)6-12(7)8-4-2-3-5-8;/h6,8H,2-5,10H2,1H3;1H. The average molecular weight is 202 g/mol. The molecule has 3 N–H and O–H groups in total. The van der Waals surface area contributed by atoms with Gasteiger partial charge in [-0.15, -0.1) is 0 Å². The van der Waals surface area contributed by atoms with Gasteiger partial charge in [0, 0.05) is 6.92 Å². The van der Waals surface area contributed by atoms with Crippen LogP contribution < -0.4 is 22.7 Å². The summed E-state index contributed by atoms with van der Waals surface area (Å²) in [4.78, 5) is 3.13. The van der Waals surface area contributed by atoms with Crippen molar-refractivity contribution in [1.29, 1.82) is 0 Å². The molecule has 1 aromatic rings. The predicted octanol–water partition coefficient (Wildman–Crippen LogP) is -1.69. The maximum Gasteiger partial charge on any atom is 0.252 e. The van der Waals surface area contributed by atoms with Crippen LogP contribution in [0.25, 0.3) is 0 Å². The minimum atomic E-state index is 0. The van der Waals surface area contributed by atoms with Gasteiger partial charge in [-0.2, -0.15) is 0 Å². The Morgan fingerprint density at radius 2 is 2.08 bits per heavy atom. The number of nitrogens with one attached hydrogen (secondary N) is 1. The smallest absolute Gasteiger partial charge is 0.252 e. The second kappa shape index (κ2) is 4.01. The van der Waals surface area contributed by atoms with E-state index in [-0.39, 0.29) is 12.4 Å². The highest BCUT2D eigenvalue weighted by atomic mass is 35.5. The van der Waals surface area contributed by atoms with E-state index >= 15 is 0 Å². The molecule has 2 rings (SSSR count). The highest BCUT2D eigenvalue weighted by molar-refractivity contribution is 5.20. The number of halogens is 1. The van der Waals surface area contributed by atoms with Gasteiger partial charge in [-0.05, 0) is 25.7 Å². The highest BCUT2D eigenvalue weighted by Crippen LogP contribution is 2.25. The van der Waals surface area contributed by atoms with Crippen LogP contribution >= 0.6 is 0 Å². The van der Waals surface area contributed by atoms with Crippen LogP contribution in [0.3, 0.4) is 0 Å². The summed E-state index contributed by atoms with van der Waals surface area (Å²) in [5.74, 6) is 1.96. The fourth-order valence-corrected chi connectivity index (χ4v) is 2.11. The molecular formula is C9H16ClN3. The van der Waals surface area contributed by atoms with Crippen LogP contribution in [0.5, 0.6) is 0 Å². The first kappa shape index (κ1) is 10.4. The Hall–Kier alpha value is -0.700. The van der Waals surface area contributed by atoms with Gasteiger partial charge in [-0.1, -0.05) is 0 Å². The topological polar surface area (TPSA) is 45.7 Å². The predicted molar refractivity (Wildman–Crippen MR) is 47.6 cm³/mol. The van der Waals surface area contributed by atoms with Crippen molar-refractivity contribution in [2.75, 3.05) is 5.73 Å². The van der Waals surface area contributed by atoms with Gasteiger partial charge >= 0.3 is 0 Å². The maximum absolute atomic E-state index is 5.67. The molecule has 1 fully saturated rings. The van der Waals surface area contributed by atoms with Crippen LogP contribution in [0, 0.1) is 6.92 Å². The summed E-state index contributed by atoms with van der Waals surface area (Å²) in [5, 5.41) is 0. The average Bonchev–Trinajstić information content (AvgIpc) is 2.58. The van der Waals surface area contributed by atoms with Crippen molar-refractivity contribution in [3.8, 4) is 0 Å². The molecule has 0 amide bonds. The summed E-state index contributed by atoms with van der Waals surface area (Å²) >= 11 is 0. The monoisotopic (exact) mass is 201 g/mol. The Kier molecular flexibility index (Phi) is 3.20. The molecule has 1 aromatic heterocycles.